The predicted octanol–water partition coefficient (Wildman–Crippen LogP) is 2.49. The van der Waals surface area contributed by atoms with Crippen molar-refractivity contribution in [2.24, 2.45) is 5.11 Å². The highest BCUT2D eigenvalue weighted by Gasteiger charge is 2.18. The molecule has 0 heterocycles. The highest BCUT2D eigenvalue weighted by molar-refractivity contribution is 7.90. The second-order valence-corrected chi connectivity index (χ2v) is 6.34. The Morgan fingerprint density at radius 1 is 1.40 bits per heavy atom. The maximum atomic E-state index is 11.4. The summed E-state index contributed by atoms with van der Waals surface area (Å²) in [5.41, 5.74) is 9.14. The van der Waals surface area contributed by atoms with Crippen molar-refractivity contribution in [2.75, 3.05) is 25.7 Å². The van der Waals surface area contributed by atoms with Gasteiger partial charge in [0.2, 0.25) is 0 Å². The molecule has 8 heteroatoms. The zero-order chi connectivity index (χ0) is 15.2. The van der Waals surface area contributed by atoms with Gasteiger partial charge in [0.1, 0.15) is 9.84 Å². The molecule has 1 atom stereocenters. The molecule has 0 fully saturated rings. The SMILES string of the molecule is CCOc1cc(C(CS(C)(=O)=O)N=[N+]=[N-])ccc1OC. The largest absolute Gasteiger partial charge is 0.493 e. The Labute approximate surface area is 118 Å². The van der Waals surface area contributed by atoms with Crippen molar-refractivity contribution in [2.45, 2.75) is 13.0 Å². The van der Waals surface area contributed by atoms with Crippen LogP contribution in [0, 0.1) is 0 Å². The topological polar surface area (TPSA) is 101 Å². The predicted molar refractivity (Wildman–Crippen MR) is 75.8 cm³/mol. The molecule has 0 aliphatic rings. The summed E-state index contributed by atoms with van der Waals surface area (Å²) in [5, 5.41) is 3.54. The van der Waals surface area contributed by atoms with Gasteiger partial charge in [-0.25, -0.2) is 8.42 Å². The second kappa shape index (κ2) is 7.02. The first kappa shape index (κ1) is 16.1. The summed E-state index contributed by atoms with van der Waals surface area (Å²) in [7, 11) is -1.76. The lowest BCUT2D eigenvalue weighted by Crippen LogP contribution is -2.11. The van der Waals surface area contributed by atoms with Gasteiger partial charge in [-0.1, -0.05) is 11.2 Å². The fraction of sp³-hybridized carbons (Fsp3) is 0.500. The van der Waals surface area contributed by atoms with Crippen molar-refractivity contribution < 1.29 is 17.9 Å². The summed E-state index contributed by atoms with van der Waals surface area (Å²) in [6, 6.07) is 4.15. The van der Waals surface area contributed by atoms with E-state index in [2.05, 4.69) is 10.0 Å². The minimum Gasteiger partial charge on any atom is -0.493 e. The van der Waals surface area contributed by atoms with Gasteiger partial charge in [0.25, 0.3) is 0 Å². The lowest BCUT2D eigenvalue weighted by molar-refractivity contribution is 0.310. The molecule has 110 valence electrons. The van der Waals surface area contributed by atoms with Crippen molar-refractivity contribution in [1.29, 1.82) is 0 Å². The molecule has 0 aromatic heterocycles. The molecule has 1 rings (SSSR count). The van der Waals surface area contributed by atoms with Gasteiger partial charge in [0.05, 0.1) is 25.5 Å². The van der Waals surface area contributed by atoms with E-state index in [1.54, 1.807) is 18.2 Å². The molecular weight excluding hydrogens is 282 g/mol. The number of hydrogen-bond donors (Lipinski definition) is 0. The van der Waals surface area contributed by atoms with Crippen LogP contribution >= 0.6 is 0 Å². The molecule has 1 aromatic carbocycles. The molecule has 0 aliphatic carbocycles. The second-order valence-electron chi connectivity index (χ2n) is 4.16. The molecule has 1 unspecified atom stereocenters. The van der Waals surface area contributed by atoms with E-state index in [9.17, 15) is 8.42 Å². The Bertz CT molecular complexity index is 609. The third-order valence-electron chi connectivity index (χ3n) is 2.52. The smallest absolute Gasteiger partial charge is 0.161 e. The molecular formula is C12H17N3O4S. The first-order valence-corrected chi connectivity index (χ1v) is 8.00. The van der Waals surface area contributed by atoms with Crippen LogP contribution in [0.15, 0.2) is 23.3 Å². The van der Waals surface area contributed by atoms with Crippen LogP contribution in [0.3, 0.4) is 0 Å². The van der Waals surface area contributed by atoms with E-state index in [0.717, 1.165) is 6.26 Å². The molecule has 0 bridgehead atoms. The van der Waals surface area contributed by atoms with E-state index in [4.69, 9.17) is 15.0 Å². The Morgan fingerprint density at radius 2 is 2.10 bits per heavy atom. The fourth-order valence-corrected chi connectivity index (χ4v) is 2.55. The molecule has 1 aromatic rings. The third kappa shape index (κ3) is 4.64. The van der Waals surface area contributed by atoms with Gasteiger partial charge in [-0.2, -0.15) is 0 Å². The lowest BCUT2D eigenvalue weighted by atomic mass is 10.1. The average molecular weight is 299 g/mol. The van der Waals surface area contributed by atoms with Crippen LogP contribution < -0.4 is 9.47 Å². The molecule has 7 nitrogen and oxygen atoms in total. The number of methoxy groups -OCH3 is 1. The highest BCUT2D eigenvalue weighted by atomic mass is 32.2. The van der Waals surface area contributed by atoms with Crippen LogP contribution in [0.25, 0.3) is 10.4 Å². The first-order valence-electron chi connectivity index (χ1n) is 5.94. The molecule has 0 N–H and O–H groups in total. The molecule has 0 aliphatic heterocycles. The summed E-state index contributed by atoms with van der Waals surface area (Å²) in [5.74, 6) is 0.767. The van der Waals surface area contributed by atoms with Crippen LogP contribution in [-0.4, -0.2) is 34.1 Å². The van der Waals surface area contributed by atoms with Gasteiger partial charge in [0, 0.05) is 11.2 Å². The van der Waals surface area contributed by atoms with Crippen LogP contribution in [0.2, 0.25) is 0 Å². The lowest BCUT2D eigenvalue weighted by Gasteiger charge is -2.14. The van der Waals surface area contributed by atoms with Crippen LogP contribution in [-0.2, 0) is 9.84 Å². The van der Waals surface area contributed by atoms with Gasteiger partial charge in [0.15, 0.2) is 11.5 Å². The average Bonchev–Trinajstić information content (AvgIpc) is 2.37. The van der Waals surface area contributed by atoms with E-state index in [1.165, 1.54) is 7.11 Å². The Balaban J connectivity index is 3.20. The van der Waals surface area contributed by atoms with Crippen molar-refractivity contribution >= 4 is 9.84 Å². The minimum absolute atomic E-state index is 0.255. The van der Waals surface area contributed by atoms with Gasteiger partial charge in [-0.3, -0.25) is 0 Å². The van der Waals surface area contributed by atoms with Crippen LogP contribution in [0.1, 0.15) is 18.5 Å². The number of rotatable bonds is 7. The normalized spacial score (nSPS) is 12.3. The van der Waals surface area contributed by atoms with E-state index in [-0.39, 0.29) is 5.75 Å². The number of benzene rings is 1. The summed E-state index contributed by atoms with van der Waals surface area (Å²) in [4.78, 5) is 2.70. The van der Waals surface area contributed by atoms with E-state index < -0.39 is 15.9 Å². The van der Waals surface area contributed by atoms with Crippen molar-refractivity contribution in [3.8, 4) is 11.5 Å². The highest BCUT2D eigenvalue weighted by Crippen LogP contribution is 2.32. The fourth-order valence-electron chi connectivity index (χ4n) is 1.71. The monoisotopic (exact) mass is 299 g/mol. The Kier molecular flexibility index (Phi) is 5.66. The van der Waals surface area contributed by atoms with Crippen LogP contribution in [0.4, 0.5) is 0 Å². The third-order valence-corrected chi connectivity index (χ3v) is 3.45. The maximum Gasteiger partial charge on any atom is 0.161 e. The van der Waals surface area contributed by atoms with Crippen molar-refractivity contribution in [1.82, 2.24) is 0 Å². The van der Waals surface area contributed by atoms with E-state index in [0.29, 0.717) is 23.7 Å². The van der Waals surface area contributed by atoms with Crippen LogP contribution in [0.5, 0.6) is 11.5 Å². The molecule has 0 amide bonds. The molecule has 0 saturated carbocycles. The van der Waals surface area contributed by atoms with Gasteiger partial charge < -0.3 is 9.47 Å². The van der Waals surface area contributed by atoms with Crippen molar-refractivity contribution in [3.05, 3.63) is 34.2 Å². The zero-order valence-corrected chi connectivity index (χ0v) is 12.4. The molecule has 0 radical (unpaired) electrons. The summed E-state index contributed by atoms with van der Waals surface area (Å²) in [6.45, 7) is 2.27. The zero-order valence-electron chi connectivity index (χ0n) is 11.6. The number of nitrogens with zero attached hydrogens (tertiary/aromatic N) is 3. The Hall–Kier alpha value is -1.92. The standard InChI is InChI=1S/C12H17N3O4S/c1-4-19-12-7-9(5-6-11(12)18-2)10(14-15-13)8-20(3,16)17/h5-7,10H,4,8H2,1-3H3. The van der Waals surface area contributed by atoms with Gasteiger partial charge in [-0.05, 0) is 30.2 Å². The van der Waals surface area contributed by atoms with Gasteiger partial charge in [-0.15, -0.1) is 0 Å². The summed E-state index contributed by atoms with van der Waals surface area (Å²) in [6.07, 6.45) is 1.10. The molecule has 0 saturated heterocycles. The number of ether oxygens (including phenoxy) is 2. The Morgan fingerprint density at radius 3 is 2.60 bits per heavy atom. The van der Waals surface area contributed by atoms with E-state index >= 15 is 0 Å². The summed E-state index contributed by atoms with van der Waals surface area (Å²) >= 11 is 0. The van der Waals surface area contributed by atoms with Crippen molar-refractivity contribution in [3.63, 3.8) is 0 Å². The maximum absolute atomic E-state index is 11.4. The van der Waals surface area contributed by atoms with Gasteiger partial charge >= 0.3 is 0 Å². The number of sulfone groups is 1. The number of hydrogen-bond acceptors (Lipinski definition) is 5. The number of azide groups is 1. The first-order chi connectivity index (χ1) is 9.41. The summed E-state index contributed by atoms with van der Waals surface area (Å²) < 4.78 is 33.3. The quantitative estimate of drug-likeness (QED) is 0.438. The molecule has 20 heavy (non-hydrogen) atoms. The minimum atomic E-state index is -3.27. The molecule has 0 spiro atoms. The van der Waals surface area contributed by atoms with E-state index in [1.807, 2.05) is 6.92 Å².